The fourth-order valence-corrected chi connectivity index (χ4v) is 2.42. The average Bonchev–Trinajstić information content (AvgIpc) is 2.80. The van der Waals surface area contributed by atoms with Gasteiger partial charge in [0.1, 0.15) is 11.6 Å². The summed E-state index contributed by atoms with van der Waals surface area (Å²) in [5, 5.41) is 9.44. The molecule has 0 amide bonds. The van der Waals surface area contributed by atoms with Gasteiger partial charge < -0.3 is 10.2 Å². The summed E-state index contributed by atoms with van der Waals surface area (Å²) < 4.78 is 5.59. The minimum Gasteiger partial charge on any atom is -0.431 e. The molecular weight excluding hydrogens is 260 g/mol. The number of fused-ring (bicyclic) bond motifs is 1. The van der Waals surface area contributed by atoms with Crippen LogP contribution in [-0.4, -0.2) is 9.97 Å². The first-order chi connectivity index (χ1) is 9.26. The summed E-state index contributed by atoms with van der Waals surface area (Å²) in [5.74, 6) is 0. The fraction of sp³-hybridized carbons (Fsp3) is 0. The van der Waals surface area contributed by atoms with Crippen LogP contribution in [0.3, 0.4) is 0 Å². The molecule has 19 heavy (non-hydrogen) atoms. The molecule has 92 valence electrons. The molecular formula is C13H8N4OS. The zero-order chi connectivity index (χ0) is 13.2. The van der Waals surface area contributed by atoms with Gasteiger partial charge in [-0.25, -0.2) is 9.97 Å². The van der Waals surface area contributed by atoms with E-state index in [0.717, 1.165) is 5.52 Å². The van der Waals surface area contributed by atoms with E-state index >= 15 is 0 Å². The van der Waals surface area contributed by atoms with Crippen LogP contribution >= 0.6 is 11.8 Å². The summed E-state index contributed by atoms with van der Waals surface area (Å²) in [6.07, 6.45) is 1.58. The largest absolute Gasteiger partial charge is 0.431 e. The van der Waals surface area contributed by atoms with Gasteiger partial charge in [-0.2, -0.15) is 5.26 Å². The zero-order valence-electron chi connectivity index (χ0n) is 9.70. The van der Waals surface area contributed by atoms with Crippen molar-refractivity contribution in [3.8, 4) is 6.07 Å². The maximum absolute atomic E-state index is 8.98. The molecule has 0 saturated heterocycles. The van der Waals surface area contributed by atoms with E-state index in [9.17, 15) is 0 Å². The number of oxazole rings is 1. The first-order valence-corrected chi connectivity index (χ1v) is 6.27. The number of nitrogens with zero attached hydrogens (tertiary/aromatic N) is 3. The molecule has 5 nitrogen and oxygen atoms in total. The van der Waals surface area contributed by atoms with E-state index < -0.39 is 0 Å². The Labute approximate surface area is 113 Å². The number of nitrogen functional groups attached to an aromatic ring is 1. The quantitative estimate of drug-likeness (QED) is 0.719. The smallest absolute Gasteiger partial charge is 0.261 e. The summed E-state index contributed by atoms with van der Waals surface area (Å²) in [4.78, 5) is 9.03. The normalized spacial score (nSPS) is 10.5. The molecule has 2 N–H and O–H groups in total. The number of nitrogens with two attached hydrogens (primary N) is 1. The molecule has 1 aromatic carbocycles. The van der Waals surface area contributed by atoms with Crippen molar-refractivity contribution in [2.24, 2.45) is 0 Å². The third kappa shape index (κ3) is 2.23. The predicted molar refractivity (Wildman–Crippen MR) is 71.5 cm³/mol. The van der Waals surface area contributed by atoms with Gasteiger partial charge in [0.05, 0.1) is 4.90 Å². The number of rotatable bonds is 2. The van der Waals surface area contributed by atoms with Crippen molar-refractivity contribution in [3.63, 3.8) is 0 Å². The summed E-state index contributed by atoms with van der Waals surface area (Å²) in [5.41, 5.74) is 8.03. The molecule has 0 radical (unpaired) electrons. The minimum atomic E-state index is 0.356. The van der Waals surface area contributed by atoms with E-state index in [-0.39, 0.29) is 0 Å². The molecule has 0 aliphatic rings. The van der Waals surface area contributed by atoms with Crippen LogP contribution in [-0.2, 0) is 0 Å². The number of benzene rings is 1. The number of hydrogen-bond donors (Lipinski definition) is 1. The molecule has 0 unspecified atom stereocenters. The number of hydrogen-bond acceptors (Lipinski definition) is 6. The van der Waals surface area contributed by atoms with E-state index in [2.05, 4.69) is 9.97 Å². The highest BCUT2D eigenvalue weighted by molar-refractivity contribution is 7.99. The fourth-order valence-electron chi connectivity index (χ4n) is 1.61. The monoisotopic (exact) mass is 268 g/mol. The van der Waals surface area contributed by atoms with E-state index in [1.54, 1.807) is 36.5 Å². The Morgan fingerprint density at radius 3 is 3.05 bits per heavy atom. The summed E-state index contributed by atoms with van der Waals surface area (Å²) in [7, 11) is 0. The summed E-state index contributed by atoms with van der Waals surface area (Å²) >= 11 is 1.27. The topological polar surface area (TPSA) is 88.7 Å². The standard InChI is InChI=1S/C13H8N4OS/c14-7-10-12(2-1-5-16-10)19-13-17-9-4-3-8(15)6-11(9)18-13/h1-6H,15H2. The van der Waals surface area contributed by atoms with Crippen LogP contribution in [0.5, 0.6) is 0 Å². The van der Waals surface area contributed by atoms with Crippen LogP contribution in [0.25, 0.3) is 11.1 Å². The molecule has 3 aromatic rings. The molecule has 6 heteroatoms. The van der Waals surface area contributed by atoms with Crippen LogP contribution in [0.1, 0.15) is 5.69 Å². The Morgan fingerprint density at radius 2 is 2.21 bits per heavy atom. The molecule has 0 atom stereocenters. The van der Waals surface area contributed by atoms with Gasteiger partial charge in [-0.05, 0) is 36.0 Å². The van der Waals surface area contributed by atoms with Crippen LogP contribution in [0.15, 0.2) is 51.1 Å². The highest BCUT2D eigenvalue weighted by Crippen LogP contribution is 2.31. The van der Waals surface area contributed by atoms with E-state index in [1.807, 2.05) is 6.07 Å². The summed E-state index contributed by atoms with van der Waals surface area (Å²) in [6.45, 7) is 0. The second kappa shape index (κ2) is 4.63. The lowest BCUT2D eigenvalue weighted by molar-refractivity contribution is 0.489. The zero-order valence-corrected chi connectivity index (χ0v) is 10.5. The van der Waals surface area contributed by atoms with Crippen molar-refractivity contribution < 1.29 is 4.42 Å². The average molecular weight is 268 g/mol. The minimum absolute atomic E-state index is 0.356. The van der Waals surface area contributed by atoms with Gasteiger partial charge in [-0.1, -0.05) is 0 Å². The van der Waals surface area contributed by atoms with Crippen molar-refractivity contribution >= 4 is 28.5 Å². The van der Waals surface area contributed by atoms with Gasteiger partial charge >= 0.3 is 0 Å². The lowest BCUT2D eigenvalue weighted by Crippen LogP contribution is -1.84. The third-order valence-corrected chi connectivity index (χ3v) is 3.37. The molecule has 3 rings (SSSR count). The molecule has 0 saturated carbocycles. The first kappa shape index (κ1) is 11.6. The van der Waals surface area contributed by atoms with Gasteiger partial charge in [0.25, 0.3) is 5.22 Å². The second-order valence-electron chi connectivity index (χ2n) is 3.77. The third-order valence-electron chi connectivity index (χ3n) is 2.47. The Hall–Kier alpha value is -2.52. The van der Waals surface area contributed by atoms with Crippen molar-refractivity contribution in [1.82, 2.24) is 9.97 Å². The molecule has 0 fully saturated rings. The Bertz CT molecular complexity index is 791. The Balaban J connectivity index is 1.99. The molecule has 2 heterocycles. The lowest BCUT2D eigenvalue weighted by Gasteiger charge is -1.97. The van der Waals surface area contributed by atoms with E-state index in [0.29, 0.717) is 27.1 Å². The van der Waals surface area contributed by atoms with E-state index in [4.69, 9.17) is 15.4 Å². The number of pyridine rings is 1. The number of aromatic nitrogens is 2. The maximum atomic E-state index is 8.98. The SMILES string of the molecule is N#Cc1ncccc1Sc1nc2ccc(N)cc2o1. The van der Waals surface area contributed by atoms with Crippen LogP contribution in [0.2, 0.25) is 0 Å². The maximum Gasteiger partial charge on any atom is 0.261 e. The lowest BCUT2D eigenvalue weighted by atomic mass is 10.3. The van der Waals surface area contributed by atoms with Crippen molar-refractivity contribution in [2.45, 2.75) is 10.1 Å². The van der Waals surface area contributed by atoms with E-state index in [1.165, 1.54) is 11.8 Å². The first-order valence-electron chi connectivity index (χ1n) is 5.45. The number of anilines is 1. The van der Waals surface area contributed by atoms with Gasteiger partial charge in [0.15, 0.2) is 11.3 Å². The molecule has 0 spiro atoms. The molecule has 2 aromatic heterocycles. The number of nitriles is 1. The van der Waals surface area contributed by atoms with Crippen LogP contribution < -0.4 is 5.73 Å². The van der Waals surface area contributed by atoms with Gasteiger partial charge in [0, 0.05) is 18.0 Å². The predicted octanol–water partition coefficient (Wildman–Crippen LogP) is 2.83. The van der Waals surface area contributed by atoms with Crippen molar-refractivity contribution in [2.75, 3.05) is 5.73 Å². The Morgan fingerprint density at radius 1 is 1.32 bits per heavy atom. The highest BCUT2D eigenvalue weighted by atomic mass is 32.2. The highest BCUT2D eigenvalue weighted by Gasteiger charge is 2.11. The van der Waals surface area contributed by atoms with Gasteiger partial charge in [0.2, 0.25) is 0 Å². The Kier molecular flexibility index (Phi) is 2.82. The molecule has 0 aliphatic carbocycles. The van der Waals surface area contributed by atoms with Crippen molar-refractivity contribution in [1.29, 1.82) is 5.26 Å². The second-order valence-corrected chi connectivity index (χ2v) is 4.76. The van der Waals surface area contributed by atoms with Crippen molar-refractivity contribution in [3.05, 3.63) is 42.2 Å². The van der Waals surface area contributed by atoms with Crippen LogP contribution in [0.4, 0.5) is 5.69 Å². The van der Waals surface area contributed by atoms with Gasteiger partial charge in [-0.3, -0.25) is 0 Å². The summed E-state index contributed by atoms with van der Waals surface area (Å²) in [6, 6.07) is 10.9. The molecule has 0 bridgehead atoms. The van der Waals surface area contributed by atoms with Crippen LogP contribution in [0, 0.1) is 11.3 Å². The molecule has 0 aliphatic heterocycles. The van der Waals surface area contributed by atoms with Gasteiger partial charge in [-0.15, -0.1) is 0 Å².